The predicted molar refractivity (Wildman–Crippen MR) is 233 cm³/mol. The van der Waals surface area contributed by atoms with Gasteiger partial charge in [0.05, 0.1) is 10.3 Å². The predicted octanol–water partition coefficient (Wildman–Crippen LogP) is 10.7. The standard InChI is InChI=1S/C25H46N2O4.C6H6.C5H6N3S2.3C2H6.CH3.V/c1-21(2)13-17(14-22(3,4)26(21)11)30-19(28)25(9,10)20(29)31-18-15-23(5,6)27(12)24(7,8)16-18;1-2-4-6-5-3-1;1-9-4-6-3-7-5(8-4)10-2;3*1-2;;/h17-18H,13-16H2,1-12H3;1-6H;1-2H3;3*1-2H3;1H3;/q;;-1;;;;-1;+2. The molecule has 0 bridgehead atoms. The summed E-state index contributed by atoms with van der Waals surface area (Å²) in [5, 5.41) is 1.44. The van der Waals surface area contributed by atoms with E-state index in [0.717, 1.165) is 36.0 Å². The summed E-state index contributed by atoms with van der Waals surface area (Å²) in [6, 6.07) is 12.0. The summed E-state index contributed by atoms with van der Waals surface area (Å²) in [5.74, 6) is -0.991. The summed E-state index contributed by atoms with van der Waals surface area (Å²) in [4.78, 5) is 42.5. The first kappa shape index (κ1) is 60.1. The molecule has 2 fully saturated rings. The van der Waals surface area contributed by atoms with Crippen LogP contribution in [0.3, 0.4) is 0 Å². The van der Waals surface area contributed by atoms with Crippen LogP contribution in [0.1, 0.15) is 136 Å². The number of carbonyl (C=O) groups excluding carboxylic acids is 2. The van der Waals surface area contributed by atoms with Gasteiger partial charge in [-0.2, -0.15) is 23.5 Å². The molecule has 317 valence electrons. The molecular formula is C43H79N5O4S2V. The van der Waals surface area contributed by atoms with Crippen molar-refractivity contribution in [3.05, 3.63) is 50.2 Å². The van der Waals surface area contributed by atoms with Crippen LogP contribution in [-0.2, 0) is 37.6 Å². The van der Waals surface area contributed by atoms with Crippen LogP contribution in [0, 0.1) is 19.2 Å². The number of hydrogen-bond acceptors (Lipinski definition) is 11. The third-order valence-corrected chi connectivity index (χ3v) is 10.7. The summed E-state index contributed by atoms with van der Waals surface area (Å²) in [6.45, 7) is 32.6. The molecule has 0 atom stereocenters. The van der Waals surface area contributed by atoms with E-state index in [1.807, 2.05) is 90.5 Å². The molecule has 2 aliphatic rings. The largest absolute Gasteiger partial charge is 2.00 e. The van der Waals surface area contributed by atoms with E-state index in [1.165, 1.54) is 23.5 Å². The number of piperidine rings is 2. The summed E-state index contributed by atoms with van der Waals surface area (Å²) in [6.07, 6.45) is 8.88. The van der Waals surface area contributed by atoms with E-state index in [-0.39, 0.29) is 60.3 Å². The first-order valence-electron chi connectivity index (χ1n) is 19.2. The summed E-state index contributed by atoms with van der Waals surface area (Å²) < 4.78 is 11.8. The number of thioether (sulfide) groups is 2. The van der Waals surface area contributed by atoms with E-state index in [0.29, 0.717) is 0 Å². The molecule has 2 aromatic rings. The van der Waals surface area contributed by atoms with Gasteiger partial charge < -0.3 is 31.9 Å². The fraction of sp³-hybridized carbons (Fsp3) is 0.721. The van der Waals surface area contributed by atoms with Crippen molar-refractivity contribution in [2.45, 2.75) is 181 Å². The molecule has 1 aromatic carbocycles. The molecule has 3 heterocycles. The molecule has 0 spiro atoms. The van der Waals surface area contributed by atoms with Gasteiger partial charge in [0.2, 0.25) is 0 Å². The molecule has 0 unspecified atom stereocenters. The van der Waals surface area contributed by atoms with Crippen molar-refractivity contribution in [3.8, 4) is 0 Å². The van der Waals surface area contributed by atoms with Crippen LogP contribution < -0.4 is 0 Å². The quantitative estimate of drug-likeness (QED) is 0.120. The normalized spacial score (nSPS) is 18.2. The third kappa shape index (κ3) is 19.6. The van der Waals surface area contributed by atoms with Crippen LogP contribution in [0.15, 0.2) is 46.7 Å². The minimum absolute atomic E-state index is 0. The van der Waals surface area contributed by atoms with Crippen molar-refractivity contribution >= 4 is 35.5 Å². The molecule has 0 aliphatic carbocycles. The van der Waals surface area contributed by atoms with Gasteiger partial charge in [0.1, 0.15) is 12.2 Å². The van der Waals surface area contributed by atoms with Crippen LogP contribution in [0.5, 0.6) is 0 Å². The second-order valence-electron chi connectivity index (χ2n) is 15.4. The number of esters is 2. The Hall–Kier alpha value is -1.63. The Morgan fingerprint density at radius 2 is 0.873 bits per heavy atom. The zero-order valence-electron chi connectivity index (χ0n) is 38.6. The summed E-state index contributed by atoms with van der Waals surface area (Å²) in [7, 11) is 4.23. The van der Waals surface area contributed by atoms with Crippen molar-refractivity contribution in [2.24, 2.45) is 5.41 Å². The molecule has 9 nitrogen and oxygen atoms in total. The Bertz CT molecular complexity index is 1170. The fourth-order valence-corrected chi connectivity index (χ4v) is 6.89. The van der Waals surface area contributed by atoms with Crippen molar-refractivity contribution in [2.75, 3.05) is 26.6 Å². The molecule has 2 saturated heterocycles. The second kappa shape index (κ2) is 27.9. The number of carbonyl (C=O) groups is 2. The van der Waals surface area contributed by atoms with Crippen molar-refractivity contribution < 1.29 is 37.6 Å². The maximum absolute atomic E-state index is 13.1. The Morgan fingerprint density at radius 3 is 1.09 bits per heavy atom. The number of rotatable bonds is 6. The monoisotopic (exact) mass is 845 g/mol. The molecular weight excluding hydrogens is 766 g/mol. The van der Waals surface area contributed by atoms with Crippen LogP contribution in [0.2, 0.25) is 0 Å². The van der Waals surface area contributed by atoms with Gasteiger partial charge in [-0.3, -0.25) is 19.4 Å². The zero-order chi connectivity index (χ0) is 41.8. The average Bonchev–Trinajstić information content (AvgIpc) is 3.12. The molecule has 12 heteroatoms. The van der Waals surface area contributed by atoms with E-state index >= 15 is 0 Å². The van der Waals surface area contributed by atoms with Gasteiger partial charge in [0.25, 0.3) is 0 Å². The number of ether oxygens (including phenoxy) is 2. The number of benzene rings is 1. The first-order chi connectivity index (χ1) is 24.6. The Kier molecular flexibility index (Phi) is 30.5. The molecule has 0 saturated carbocycles. The topological polar surface area (TPSA) is 97.8 Å². The molecule has 1 radical (unpaired) electrons. The van der Waals surface area contributed by atoms with Gasteiger partial charge in [-0.05, 0) is 95.8 Å². The average molecular weight is 845 g/mol. The maximum Gasteiger partial charge on any atom is 2.00 e. The molecule has 55 heavy (non-hydrogen) atoms. The van der Waals surface area contributed by atoms with Gasteiger partial charge in [-0.25, -0.2) is 0 Å². The Balaban J connectivity index is -0.000000442. The van der Waals surface area contributed by atoms with Gasteiger partial charge in [0.15, 0.2) is 5.41 Å². The zero-order valence-corrected chi connectivity index (χ0v) is 41.6. The van der Waals surface area contributed by atoms with Crippen molar-refractivity contribution in [3.63, 3.8) is 0 Å². The van der Waals surface area contributed by atoms with Crippen LogP contribution in [0.25, 0.3) is 0 Å². The minimum Gasteiger partial charge on any atom is -0.461 e. The van der Waals surface area contributed by atoms with Gasteiger partial charge in [0, 0.05) is 54.2 Å². The van der Waals surface area contributed by atoms with Crippen LogP contribution in [-0.4, -0.2) is 97.7 Å². The van der Waals surface area contributed by atoms with Crippen LogP contribution >= 0.6 is 23.5 Å². The molecule has 2 aliphatic heterocycles. The molecule has 4 rings (SSSR count). The summed E-state index contributed by atoms with van der Waals surface area (Å²) in [5.41, 5.74) is -1.72. The Morgan fingerprint density at radius 1 is 0.636 bits per heavy atom. The van der Waals surface area contributed by atoms with Gasteiger partial charge >= 0.3 is 30.5 Å². The SMILES string of the molecule is CC.CC.CC.CN1C(C)(C)CC(OC(=O)C(C)(C)C(=O)OC2CC(C)(C)N(C)C(C)(C)C2)CC1(C)C.CSc1n[c-]nc(SC)n1.[CH3-].[V+2].c1ccccc1. The maximum atomic E-state index is 13.1. The number of nitrogens with zero attached hydrogens (tertiary/aromatic N) is 5. The Labute approximate surface area is 359 Å². The van der Waals surface area contributed by atoms with Crippen molar-refractivity contribution in [1.82, 2.24) is 24.8 Å². The summed E-state index contributed by atoms with van der Waals surface area (Å²) >= 11 is 2.98. The van der Waals surface area contributed by atoms with E-state index < -0.39 is 17.4 Å². The second-order valence-corrected chi connectivity index (χ2v) is 17.0. The molecule has 1 aromatic heterocycles. The van der Waals surface area contributed by atoms with Gasteiger partial charge in [-0.1, -0.05) is 77.9 Å². The van der Waals surface area contributed by atoms with E-state index in [4.69, 9.17) is 9.47 Å². The fourth-order valence-electron chi connectivity index (χ4n) is 6.22. The van der Waals surface area contributed by atoms with Crippen molar-refractivity contribution in [1.29, 1.82) is 0 Å². The molecule has 0 amide bonds. The minimum atomic E-state index is -1.34. The van der Waals surface area contributed by atoms with Crippen LogP contribution in [0.4, 0.5) is 0 Å². The smallest absolute Gasteiger partial charge is 0.461 e. The number of aromatic nitrogens is 3. The third-order valence-electron chi connectivity index (χ3n) is 9.62. The van der Waals surface area contributed by atoms with E-state index in [2.05, 4.69) is 101 Å². The number of hydrogen-bond donors (Lipinski definition) is 0. The van der Waals surface area contributed by atoms with E-state index in [1.54, 1.807) is 13.8 Å². The molecule has 0 N–H and O–H groups in total. The van der Waals surface area contributed by atoms with Gasteiger partial charge in [-0.15, -0.1) is 0 Å². The first-order valence-corrected chi connectivity index (χ1v) is 21.6. The number of likely N-dealkylation sites (tertiary alicyclic amines) is 2. The van der Waals surface area contributed by atoms with E-state index in [9.17, 15) is 9.59 Å².